The van der Waals surface area contributed by atoms with Crippen LogP contribution in [0.2, 0.25) is 0 Å². The summed E-state index contributed by atoms with van der Waals surface area (Å²) in [5, 5.41) is 4.88. The molecule has 0 atom stereocenters. The van der Waals surface area contributed by atoms with Crippen molar-refractivity contribution in [2.45, 2.75) is 45.4 Å². The Morgan fingerprint density at radius 2 is 1.76 bits per heavy atom. The third-order valence-electron chi connectivity index (χ3n) is 6.15. The van der Waals surface area contributed by atoms with Crippen molar-refractivity contribution in [1.82, 2.24) is 14.7 Å². The lowest BCUT2D eigenvalue weighted by Gasteiger charge is -2.13. The van der Waals surface area contributed by atoms with Gasteiger partial charge in [-0.2, -0.15) is 5.10 Å². The van der Waals surface area contributed by atoms with Crippen LogP contribution >= 0.6 is 24.0 Å². The average Bonchev–Trinajstić information content (AvgIpc) is 3.46. The number of thiocarbonyl (C=S) groups is 1. The molecule has 0 unspecified atom stereocenters. The molecule has 0 aliphatic carbocycles. The molecule has 4 rings (SSSR count). The Bertz CT molecular complexity index is 1250. The highest BCUT2D eigenvalue weighted by Crippen LogP contribution is 2.35. The highest BCUT2D eigenvalue weighted by Gasteiger charge is 2.32. The smallest absolute Gasteiger partial charge is 0.266 e. The van der Waals surface area contributed by atoms with Gasteiger partial charge in [0, 0.05) is 23.9 Å². The summed E-state index contributed by atoms with van der Waals surface area (Å²) in [6.07, 6.45) is 12.7. The third kappa shape index (κ3) is 6.99. The molecular weight excluding hydrogens is 498 g/mol. The van der Waals surface area contributed by atoms with Crippen LogP contribution in [0.1, 0.15) is 51.0 Å². The number of rotatable bonds is 13. The van der Waals surface area contributed by atoms with Gasteiger partial charge in [0.25, 0.3) is 5.91 Å². The summed E-state index contributed by atoms with van der Waals surface area (Å²) in [7, 11) is 0. The molecule has 1 amide bonds. The number of carbonyl (C=O) groups is 1. The minimum absolute atomic E-state index is 0.0184. The predicted octanol–water partition coefficient (Wildman–Crippen LogP) is 7.67. The molecule has 2 aromatic carbocycles. The molecule has 37 heavy (non-hydrogen) atoms. The van der Waals surface area contributed by atoms with Gasteiger partial charge >= 0.3 is 0 Å². The van der Waals surface area contributed by atoms with Gasteiger partial charge in [-0.25, -0.2) is 4.68 Å². The van der Waals surface area contributed by atoms with Gasteiger partial charge in [0.2, 0.25) is 0 Å². The van der Waals surface area contributed by atoms with Crippen molar-refractivity contribution in [2.75, 3.05) is 13.2 Å². The lowest BCUT2D eigenvalue weighted by atomic mass is 10.1. The lowest BCUT2D eigenvalue weighted by molar-refractivity contribution is -0.122. The Labute approximate surface area is 229 Å². The number of thioether (sulfide) groups is 1. The van der Waals surface area contributed by atoms with Gasteiger partial charge in [-0.3, -0.25) is 9.69 Å². The van der Waals surface area contributed by atoms with Gasteiger partial charge < -0.3 is 4.74 Å². The first-order valence-electron chi connectivity index (χ1n) is 12.8. The van der Waals surface area contributed by atoms with Crippen LogP contribution in [-0.4, -0.2) is 38.1 Å². The van der Waals surface area contributed by atoms with E-state index in [-0.39, 0.29) is 5.91 Å². The highest BCUT2D eigenvalue weighted by molar-refractivity contribution is 8.26. The first kappa shape index (κ1) is 26.9. The van der Waals surface area contributed by atoms with Crippen LogP contribution in [0.3, 0.4) is 0 Å². The van der Waals surface area contributed by atoms with Crippen molar-refractivity contribution in [1.29, 1.82) is 0 Å². The van der Waals surface area contributed by atoms with Crippen molar-refractivity contribution < 1.29 is 9.53 Å². The molecule has 5 nitrogen and oxygen atoms in total. The second kappa shape index (κ2) is 13.4. The number of benzene rings is 2. The van der Waals surface area contributed by atoms with Crippen molar-refractivity contribution in [3.8, 4) is 22.7 Å². The van der Waals surface area contributed by atoms with E-state index in [1.54, 1.807) is 11.0 Å². The number of amides is 1. The van der Waals surface area contributed by atoms with Gasteiger partial charge in [-0.05, 0) is 48.9 Å². The summed E-state index contributed by atoms with van der Waals surface area (Å²) in [6.45, 7) is 7.04. The number of aromatic nitrogens is 2. The van der Waals surface area contributed by atoms with E-state index in [0.717, 1.165) is 41.1 Å². The van der Waals surface area contributed by atoms with Crippen LogP contribution in [0.4, 0.5) is 0 Å². The second-order valence-corrected chi connectivity index (χ2v) is 10.6. The van der Waals surface area contributed by atoms with Crippen LogP contribution in [0.25, 0.3) is 23.0 Å². The van der Waals surface area contributed by atoms with E-state index in [0.29, 0.717) is 22.4 Å². The zero-order chi connectivity index (χ0) is 26.0. The number of para-hydroxylation sites is 1. The maximum atomic E-state index is 13.3. The molecule has 0 N–H and O–H groups in total. The Morgan fingerprint density at radius 3 is 2.49 bits per heavy atom. The summed E-state index contributed by atoms with van der Waals surface area (Å²) in [5.41, 5.74) is 3.54. The van der Waals surface area contributed by atoms with E-state index >= 15 is 0 Å². The van der Waals surface area contributed by atoms with Crippen LogP contribution in [0, 0.1) is 0 Å². The zero-order valence-electron chi connectivity index (χ0n) is 21.3. The summed E-state index contributed by atoms with van der Waals surface area (Å²) in [4.78, 5) is 15.6. The largest absolute Gasteiger partial charge is 0.490 e. The molecule has 0 radical (unpaired) electrons. The van der Waals surface area contributed by atoms with Crippen LogP contribution in [0.5, 0.6) is 5.75 Å². The topological polar surface area (TPSA) is 47.4 Å². The second-order valence-electron chi connectivity index (χ2n) is 8.94. The van der Waals surface area contributed by atoms with Gasteiger partial charge in [0.1, 0.15) is 16.7 Å². The Morgan fingerprint density at radius 1 is 1.03 bits per heavy atom. The molecule has 192 valence electrons. The van der Waals surface area contributed by atoms with Gasteiger partial charge in [0.15, 0.2) is 0 Å². The minimum atomic E-state index is -0.0184. The number of hydrogen-bond acceptors (Lipinski definition) is 5. The van der Waals surface area contributed by atoms with Gasteiger partial charge in [-0.1, -0.05) is 93.9 Å². The van der Waals surface area contributed by atoms with Crippen molar-refractivity contribution in [3.63, 3.8) is 0 Å². The number of hydrogen-bond donors (Lipinski definition) is 0. The molecule has 1 saturated heterocycles. The first-order valence-corrected chi connectivity index (χ1v) is 14.1. The summed E-state index contributed by atoms with van der Waals surface area (Å²) < 4.78 is 8.11. The Kier molecular flexibility index (Phi) is 9.74. The summed E-state index contributed by atoms with van der Waals surface area (Å²) >= 11 is 6.94. The first-order chi connectivity index (χ1) is 18.1. The zero-order valence-corrected chi connectivity index (χ0v) is 22.9. The molecule has 1 fully saturated rings. The SMILES string of the molecule is C=CCOc1ccc(-c2nn(-c3ccccc3)cc2C=C2SC(=S)N(CCCCCCCC)C2=O)cc1. The molecule has 1 aliphatic rings. The molecule has 3 aromatic rings. The normalized spacial score (nSPS) is 14.5. The number of unbranched alkanes of at least 4 members (excludes halogenated alkanes) is 5. The molecule has 0 saturated carbocycles. The van der Waals surface area contributed by atoms with Crippen LogP contribution in [0.15, 0.2) is 78.4 Å². The van der Waals surface area contributed by atoms with Crippen molar-refractivity contribution in [3.05, 3.63) is 83.9 Å². The fraction of sp³-hybridized carbons (Fsp3) is 0.300. The van der Waals surface area contributed by atoms with E-state index in [4.69, 9.17) is 22.1 Å². The number of carbonyl (C=O) groups excluding carboxylic acids is 1. The maximum absolute atomic E-state index is 13.3. The standard InChI is InChI=1S/C30H33N3O2S2/c1-3-5-6-7-8-12-19-32-29(34)27(37-30(32)36)21-24-22-33(25-13-10-9-11-14-25)31-28(24)23-15-17-26(18-16-23)35-20-4-2/h4,9-11,13-18,21-22H,2-3,5-8,12,19-20H2,1H3. The molecule has 2 heterocycles. The average molecular weight is 532 g/mol. The lowest BCUT2D eigenvalue weighted by Crippen LogP contribution is -2.29. The minimum Gasteiger partial charge on any atom is -0.490 e. The Hall–Kier alpha value is -3.16. The molecular formula is C30H33N3O2S2. The predicted molar refractivity (Wildman–Crippen MR) is 158 cm³/mol. The van der Waals surface area contributed by atoms with Crippen molar-refractivity contribution >= 4 is 40.3 Å². The Balaban J connectivity index is 1.57. The fourth-order valence-corrected chi connectivity index (χ4v) is 5.48. The number of nitrogens with zero attached hydrogens (tertiary/aromatic N) is 3. The van der Waals surface area contributed by atoms with E-state index in [9.17, 15) is 4.79 Å². The van der Waals surface area contributed by atoms with Crippen LogP contribution in [-0.2, 0) is 4.79 Å². The molecule has 0 spiro atoms. The monoisotopic (exact) mass is 531 g/mol. The number of ether oxygens (including phenoxy) is 1. The molecule has 1 aliphatic heterocycles. The van der Waals surface area contributed by atoms with E-state index in [1.807, 2.05) is 71.6 Å². The molecule has 7 heteroatoms. The van der Waals surface area contributed by atoms with E-state index < -0.39 is 0 Å². The maximum Gasteiger partial charge on any atom is 0.266 e. The highest BCUT2D eigenvalue weighted by atomic mass is 32.2. The van der Waals surface area contributed by atoms with Gasteiger partial charge in [-0.15, -0.1) is 0 Å². The summed E-state index contributed by atoms with van der Waals surface area (Å²) in [6, 6.07) is 17.8. The van der Waals surface area contributed by atoms with Gasteiger partial charge in [0.05, 0.1) is 16.3 Å². The fourth-order valence-electron chi connectivity index (χ4n) is 4.18. The third-order valence-corrected chi connectivity index (χ3v) is 7.53. The van der Waals surface area contributed by atoms with Crippen molar-refractivity contribution in [2.24, 2.45) is 0 Å². The van der Waals surface area contributed by atoms with E-state index in [1.165, 1.54) is 37.4 Å². The summed E-state index contributed by atoms with van der Waals surface area (Å²) in [5.74, 6) is 0.749. The van der Waals surface area contributed by atoms with E-state index in [2.05, 4.69) is 13.5 Å². The van der Waals surface area contributed by atoms with Crippen LogP contribution < -0.4 is 4.74 Å². The molecule has 1 aromatic heterocycles. The molecule has 0 bridgehead atoms. The quantitative estimate of drug-likeness (QED) is 0.0980.